The number of halogens is 1. The van der Waals surface area contributed by atoms with Gasteiger partial charge in [-0.15, -0.1) is 0 Å². The van der Waals surface area contributed by atoms with Crippen LogP contribution in [0, 0.1) is 12.7 Å². The van der Waals surface area contributed by atoms with Crippen molar-refractivity contribution < 1.29 is 9.18 Å². The smallest absolute Gasteiger partial charge is 0.252 e. The highest BCUT2D eigenvalue weighted by molar-refractivity contribution is 6.06. The lowest BCUT2D eigenvalue weighted by Crippen LogP contribution is -2.27. The maximum atomic E-state index is 13.6. The highest BCUT2D eigenvalue weighted by Crippen LogP contribution is 2.20. The molecule has 1 amide bonds. The zero-order valence-electron chi connectivity index (χ0n) is 14.4. The Kier molecular flexibility index (Phi) is 4.13. The van der Waals surface area contributed by atoms with Crippen molar-refractivity contribution in [3.05, 3.63) is 77.9 Å². The predicted molar refractivity (Wildman–Crippen MR) is 101 cm³/mol. The van der Waals surface area contributed by atoms with Gasteiger partial charge >= 0.3 is 0 Å². The summed E-state index contributed by atoms with van der Waals surface area (Å²) in [5.74, 6) is -0.599. The van der Waals surface area contributed by atoms with Gasteiger partial charge in [-0.1, -0.05) is 18.2 Å². The molecule has 0 radical (unpaired) electrons. The van der Waals surface area contributed by atoms with Crippen molar-refractivity contribution in [2.75, 3.05) is 6.54 Å². The molecule has 0 aliphatic rings. The molecule has 0 saturated carbocycles. The summed E-state index contributed by atoms with van der Waals surface area (Å²) < 4.78 is 15.7. The Balaban J connectivity index is 1.53. The van der Waals surface area contributed by atoms with Crippen molar-refractivity contribution in [2.24, 2.45) is 0 Å². The highest BCUT2D eigenvalue weighted by atomic mass is 19.1. The van der Waals surface area contributed by atoms with Crippen LogP contribution in [0.1, 0.15) is 16.1 Å². The summed E-state index contributed by atoms with van der Waals surface area (Å²) in [6.07, 6.45) is 2.01. The van der Waals surface area contributed by atoms with Crippen molar-refractivity contribution in [3.63, 3.8) is 0 Å². The fraction of sp³-hybridized carbons (Fsp3) is 0.143. The zero-order valence-corrected chi connectivity index (χ0v) is 14.4. The number of fused-ring (bicyclic) bond motifs is 2. The van der Waals surface area contributed by atoms with Crippen molar-refractivity contribution >= 4 is 27.7 Å². The minimum atomic E-state index is -0.379. The first-order chi connectivity index (χ1) is 12.6. The summed E-state index contributed by atoms with van der Waals surface area (Å²) in [6, 6.07) is 16.2. The average molecular weight is 347 g/mol. The van der Waals surface area contributed by atoms with E-state index in [-0.39, 0.29) is 11.7 Å². The maximum Gasteiger partial charge on any atom is 0.252 e. The van der Waals surface area contributed by atoms with E-state index in [2.05, 4.69) is 33.1 Å². The molecule has 0 aliphatic heterocycles. The lowest BCUT2D eigenvalue weighted by molar-refractivity contribution is 0.0954. The molecule has 1 N–H and O–H groups in total. The van der Waals surface area contributed by atoms with Crippen LogP contribution in [0.5, 0.6) is 0 Å². The van der Waals surface area contributed by atoms with Crippen LogP contribution in [0.4, 0.5) is 4.39 Å². The van der Waals surface area contributed by atoms with E-state index in [9.17, 15) is 9.18 Å². The lowest BCUT2D eigenvalue weighted by atomic mass is 10.1. The molecule has 4 rings (SSSR count). The number of nitrogens with zero attached hydrogens (tertiary/aromatic N) is 2. The first kappa shape index (κ1) is 16.3. The molecule has 2 heterocycles. The lowest BCUT2D eigenvalue weighted by Gasteiger charge is -2.10. The van der Waals surface area contributed by atoms with Crippen molar-refractivity contribution in [1.82, 2.24) is 14.9 Å². The van der Waals surface area contributed by atoms with Crippen LogP contribution >= 0.6 is 0 Å². The summed E-state index contributed by atoms with van der Waals surface area (Å²) in [6.45, 7) is 2.97. The molecular formula is C21H18FN3O. The molecule has 26 heavy (non-hydrogen) atoms. The summed E-state index contributed by atoms with van der Waals surface area (Å²) in [5.41, 5.74) is 2.93. The number of carbonyl (C=O) groups excluding carboxylic acids is 1. The van der Waals surface area contributed by atoms with E-state index in [0.29, 0.717) is 29.6 Å². The molecule has 2 aromatic carbocycles. The summed E-state index contributed by atoms with van der Waals surface area (Å²) >= 11 is 0. The molecule has 4 nitrogen and oxygen atoms in total. The number of pyridine rings is 1. The van der Waals surface area contributed by atoms with E-state index in [1.807, 2.05) is 25.3 Å². The minimum absolute atomic E-state index is 0.220. The number of carbonyl (C=O) groups is 1. The van der Waals surface area contributed by atoms with Gasteiger partial charge in [0.2, 0.25) is 0 Å². The van der Waals surface area contributed by atoms with Gasteiger partial charge in [-0.3, -0.25) is 9.78 Å². The number of benzene rings is 2. The maximum absolute atomic E-state index is 13.6. The number of para-hydroxylation sites is 1. The van der Waals surface area contributed by atoms with E-state index in [0.717, 1.165) is 11.2 Å². The first-order valence-electron chi connectivity index (χ1n) is 8.51. The number of aromatic nitrogens is 2. The SMILES string of the molecule is Cc1cc(C(=O)NCCn2ccc3ccccc32)c2cc(F)ccc2n1. The standard InChI is InChI=1S/C21H18FN3O/c1-14-12-18(17-13-16(22)6-7-19(17)24-14)21(26)23-9-11-25-10-8-15-4-2-3-5-20(15)25/h2-8,10,12-13H,9,11H2,1H3,(H,23,26). The van der Waals surface area contributed by atoms with Crippen LogP contribution in [-0.4, -0.2) is 22.0 Å². The second kappa shape index (κ2) is 6.59. The Bertz CT molecular complexity index is 1120. The molecule has 4 aromatic rings. The molecule has 0 atom stereocenters. The number of hydrogen-bond acceptors (Lipinski definition) is 2. The average Bonchev–Trinajstić information content (AvgIpc) is 3.04. The van der Waals surface area contributed by atoms with Gasteiger partial charge in [0, 0.05) is 35.9 Å². The van der Waals surface area contributed by atoms with E-state index < -0.39 is 0 Å². The number of aryl methyl sites for hydroxylation is 1. The van der Waals surface area contributed by atoms with Gasteiger partial charge in [0.25, 0.3) is 5.91 Å². The van der Waals surface area contributed by atoms with Gasteiger partial charge in [0.05, 0.1) is 11.1 Å². The number of amides is 1. The Morgan fingerprint density at radius 3 is 2.88 bits per heavy atom. The summed E-state index contributed by atoms with van der Waals surface area (Å²) in [5, 5.41) is 4.63. The van der Waals surface area contributed by atoms with Gasteiger partial charge in [-0.05, 0) is 48.7 Å². The third-order valence-corrected chi connectivity index (χ3v) is 4.46. The van der Waals surface area contributed by atoms with Crippen LogP contribution in [0.15, 0.2) is 60.8 Å². The number of rotatable bonds is 4. The van der Waals surface area contributed by atoms with E-state index in [1.165, 1.54) is 17.5 Å². The second-order valence-electron chi connectivity index (χ2n) is 6.30. The van der Waals surface area contributed by atoms with Crippen LogP contribution in [-0.2, 0) is 6.54 Å². The molecule has 0 saturated heterocycles. The van der Waals surface area contributed by atoms with Crippen molar-refractivity contribution in [2.45, 2.75) is 13.5 Å². The zero-order chi connectivity index (χ0) is 18.1. The Labute approximate surface area is 150 Å². The van der Waals surface area contributed by atoms with E-state index in [4.69, 9.17) is 0 Å². The molecule has 2 aromatic heterocycles. The van der Waals surface area contributed by atoms with Gasteiger partial charge in [0.1, 0.15) is 5.82 Å². The predicted octanol–water partition coefficient (Wildman–Crippen LogP) is 4.07. The summed E-state index contributed by atoms with van der Waals surface area (Å²) in [7, 11) is 0. The molecule has 0 unspecified atom stereocenters. The third kappa shape index (κ3) is 3.04. The molecular weight excluding hydrogens is 329 g/mol. The van der Waals surface area contributed by atoms with Crippen LogP contribution in [0.25, 0.3) is 21.8 Å². The first-order valence-corrected chi connectivity index (χ1v) is 8.51. The number of nitrogens with one attached hydrogen (secondary N) is 1. The van der Waals surface area contributed by atoms with Gasteiger partial charge in [-0.2, -0.15) is 0 Å². The molecule has 5 heteroatoms. The van der Waals surface area contributed by atoms with Crippen LogP contribution in [0.2, 0.25) is 0 Å². The highest BCUT2D eigenvalue weighted by Gasteiger charge is 2.12. The fourth-order valence-electron chi connectivity index (χ4n) is 3.24. The van der Waals surface area contributed by atoms with Crippen molar-refractivity contribution in [1.29, 1.82) is 0 Å². The fourth-order valence-corrected chi connectivity index (χ4v) is 3.24. The molecule has 0 spiro atoms. The third-order valence-electron chi connectivity index (χ3n) is 4.46. The molecule has 0 aliphatic carbocycles. The largest absolute Gasteiger partial charge is 0.350 e. The topological polar surface area (TPSA) is 46.9 Å². The molecule has 0 fully saturated rings. The van der Waals surface area contributed by atoms with Crippen LogP contribution < -0.4 is 5.32 Å². The van der Waals surface area contributed by atoms with E-state index in [1.54, 1.807) is 12.1 Å². The Morgan fingerprint density at radius 1 is 1.15 bits per heavy atom. The normalized spacial score (nSPS) is 11.2. The van der Waals surface area contributed by atoms with E-state index >= 15 is 0 Å². The molecule has 0 bridgehead atoms. The Morgan fingerprint density at radius 2 is 2.00 bits per heavy atom. The van der Waals surface area contributed by atoms with Gasteiger partial charge in [-0.25, -0.2) is 4.39 Å². The van der Waals surface area contributed by atoms with Gasteiger partial charge in [0.15, 0.2) is 0 Å². The molecule has 130 valence electrons. The van der Waals surface area contributed by atoms with Crippen LogP contribution in [0.3, 0.4) is 0 Å². The Hall–Kier alpha value is -3.21. The quantitative estimate of drug-likeness (QED) is 0.605. The monoisotopic (exact) mass is 347 g/mol. The van der Waals surface area contributed by atoms with Crippen molar-refractivity contribution in [3.8, 4) is 0 Å². The summed E-state index contributed by atoms with van der Waals surface area (Å²) in [4.78, 5) is 17.0. The van der Waals surface area contributed by atoms with Gasteiger partial charge < -0.3 is 9.88 Å². The second-order valence-corrected chi connectivity index (χ2v) is 6.30. The number of hydrogen-bond donors (Lipinski definition) is 1. The minimum Gasteiger partial charge on any atom is -0.350 e.